The van der Waals surface area contributed by atoms with Gasteiger partial charge in [0, 0.05) is 25.7 Å². The minimum atomic E-state index is -2.17. The fourth-order valence-corrected chi connectivity index (χ4v) is 8.07. The maximum Gasteiger partial charge on any atom is 0.192 e. The second-order valence-electron chi connectivity index (χ2n) is 14.8. The number of hydrogen-bond acceptors (Lipinski definition) is 11. The average Bonchev–Trinajstić information content (AvgIpc) is 3.60. The van der Waals surface area contributed by atoms with Crippen molar-refractivity contribution in [3.05, 3.63) is 0 Å². The Morgan fingerprint density at radius 3 is 2.05 bits per heavy atom. The van der Waals surface area contributed by atoms with Gasteiger partial charge < -0.3 is 52.9 Å². The Kier molecular flexibility index (Phi) is 8.96. The van der Waals surface area contributed by atoms with Gasteiger partial charge in [-0.25, -0.2) is 0 Å². The molecule has 2 saturated carbocycles. The van der Waals surface area contributed by atoms with Crippen LogP contribution in [-0.4, -0.2) is 110 Å². The van der Waals surface area contributed by atoms with Gasteiger partial charge in [0.15, 0.2) is 32.5 Å². The van der Waals surface area contributed by atoms with Gasteiger partial charge in [-0.3, -0.25) is 0 Å². The molecule has 12 heteroatoms. The van der Waals surface area contributed by atoms with E-state index < -0.39 is 81.3 Å². The molecule has 42 heavy (non-hydrogen) atoms. The summed E-state index contributed by atoms with van der Waals surface area (Å²) < 4.78 is 51.2. The molecule has 10 atom stereocenters. The molecule has 0 aromatic carbocycles. The molecule has 2 aliphatic carbocycles. The van der Waals surface area contributed by atoms with E-state index in [0.717, 1.165) is 57.8 Å². The Labute approximate surface area is 250 Å². The lowest BCUT2D eigenvalue weighted by Crippen LogP contribution is -2.61. The van der Waals surface area contributed by atoms with Crippen LogP contribution in [0.5, 0.6) is 0 Å². The summed E-state index contributed by atoms with van der Waals surface area (Å²) >= 11 is 0. The van der Waals surface area contributed by atoms with Crippen LogP contribution in [0.2, 0.25) is 18.1 Å². The third-order valence-corrected chi connectivity index (χ3v) is 15.2. The first-order valence-electron chi connectivity index (χ1n) is 16.1. The molecule has 11 nitrogen and oxygen atoms in total. The predicted octanol–water partition coefficient (Wildman–Crippen LogP) is 3.08. The molecule has 4 heterocycles. The summed E-state index contributed by atoms with van der Waals surface area (Å²) in [6, 6.07) is 0. The van der Waals surface area contributed by atoms with E-state index in [4.69, 9.17) is 37.6 Å². The van der Waals surface area contributed by atoms with Crippen molar-refractivity contribution in [1.29, 1.82) is 0 Å². The Bertz CT molecular complexity index is 931. The van der Waals surface area contributed by atoms with Gasteiger partial charge in [-0.2, -0.15) is 0 Å². The summed E-state index contributed by atoms with van der Waals surface area (Å²) in [6.45, 7) is 11.1. The van der Waals surface area contributed by atoms with Gasteiger partial charge >= 0.3 is 0 Å². The van der Waals surface area contributed by atoms with E-state index in [-0.39, 0.29) is 11.6 Å². The highest BCUT2D eigenvalue weighted by molar-refractivity contribution is 6.74. The smallest absolute Gasteiger partial charge is 0.192 e. The molecule has 0 aromatic heterocycles. The lowest BCUT2D eigenvalue weighted by molar-refractivity contribution is -0.327. The number of rotatable bonds is 6. The first kappa shape index (κ1) is 31.7. The number of fused-ring (bicyclic) bond motifs is 1. The Balaban J connectivity index is 1.20. The summed E-state index contributed by atoms with van der Waals surface area (Å²) in [5.41, 5.74) is 0. The number of aliphatic hydroxyl groups is 3. The molecule has 4 aliphatic heterocycles. The molecular weight excluding hydrogens is 564 g/mol. The molecule has 0 bridgehead atoms. The first-order valence-corrected chi connectivity index (χ1v) is 19.0. The SMILES string of the molecule is CC(C)(C)[Si](C)(C)OC[C@@H]1O[C@@H](O[C@@H]2[C@H]3OC4(CCCCC4)O[C@H]3O[C@@H]2[C@@H]2COC3(CCCCC3)O2)[C@H](O)[C@H](O)[C@H]1O. The Morgan fingerprint density at radius 2 is 1.40 bits per heavy atom. The van der Waals surface area contributed by atoms with E-state index in [1.165, 1.54) is 6.42 Å². The Hall–Kier alpha value is -0.223. The standard InChI is InChI=1S/C30H52O11Si/c1-28(2,3)42(4,5)35-17-18-20(31)21(32)22(33)26(36-18)38-24-23(19-16-34-29(39-19)12-8-6-9-13-29)37-27-25(24)40-30(41-27)14-10-7-11-15-30/h18-27,31-33H,6-17H2,1-5H3/t18-,19-,20-,21+,22+,23+,24-,25+,26-,27+/m0/s1. The zero-order valence-electron chi connectivity index (χ0n) is 25.9. The minimum Gasteiger partial charge on any atom is -0.414 e. The molecule has 2 spiro atoms. The van der Waals surface area contributed by atoms with Crippen molar-refractivity contribution in [3.63, 3.8) is 0 Å². The molecule has 4 saturated heterocycles. The zero-order valence-corrected chi connectivity index (χ0v) is 26.9. The second kappa shape index (κ2) is 11.9. The van der Waals surface area contributed by atoms with Crippen LogP contribution in [0.4, 0.5) is 0 Å². The van der Waals surface area contributed by atoms with Gasteiger partial charge in [-0.15, -0.1) is 0 Å². The molecule has 0 amide bonds. The summed E-state index contributed by atoms with van der Waals surface area (Å²) in [4.78, 5) is 0. The molecule has 3 N–H and O–H groups in total. The van der Waals surface area contributed by atoms with E-state index in [1.807, 2.05) is 0 Å². The summed E-state index contributed by atoms with van der Waals surface area (Å²) in [7, 11) is -2.17. The molecule has 0 unspecified atom stereocenters. The van der Waals surface area contributed by atoms with Crippen LogP contribution in [0.15, 0.2) is 0 Å². The monoisotopic (exact) mass is 616 g/mol. The average molecular weight is 617 g/mol. The third-order valence-electron chi connectivity index (χ3n) is 10.7. The second-order valence-corrected chi connectivity index (χ2v) is 19.6. The Morgan fingerprint density at radius 1 is 0.762 bits per heavy atom. The summed E-state index contributed by atoms with van der Waals surface area (Å²) in [5, 5.41) is 32.6. The number of ether oxygens (including phenoxy) is 7. The first-order chi connectivity index (χ1) is 19.8. The highest BCUT2D eigenvalue weighted by Gasteiger charge is 2.63. The normalized spacial score (nSPS) is 43.7. The fourth-order valence-electron chi connectivity index (χ4n) is 7.06. The van der Waals surface area contributed by atoms with Crippen LogP contribution in [0, 0.1) is 0 Å². The van der Waals surface area contributed by atoms with Crippen molar-refractivity contribution >= 4 is 8.32 Å². The maximum atomic E-state index is 11.0. The van der Waals surface area contributed by atoms with E-state index in [9.17, 15) is 15.3 Å². The minimum absolute atomic E-state index is 0.0436. The lowest BCUT2D eigenvalue weighted by Gasteiger charge is -2.44. The summed E-state index contributed by atoms with van der Waals surface area (Å²) in [5.74, 6) is -1.31. The molecule has 0 aromatic rings. The van der Waals surface area contributed by atoms with E-state index >= 15 is 0 Å². The van der Waals surface area contributed by atoms with Gasteiger partial charge in [0.25, 0.3) is 0 Å². The lowest BCUT2D eigenvalue weighted by atomic mass is 9.94. The van der Waals surface area contributed by atoms with Gasteiger partial charge in [-0.05, 0) is 43.8 Å². The molecule has 0 radical (unpaired) electrons. The van der Waals surface area contributed by atoms with Crippen molar-refractivity contribution < 1.29 is 52.9 Å². The van der Waals surface area contributed by atoms with Crippen molar-refractivity contribution in [2.24, 2.45) is 0 Å². The quantitative estimate of drug-likeness (QED) is 0.380. The van der Waals surface area contributed by atoms with Crippen LogP contribution >= 0.6 is 0 Å². The van der Waals surface area contributed by atoms with Gasteiger partial charge in [0.2, 0.25) is 0 Å². The highest BCUT2D eigenvalue weighted by Crippen LogP contribution is 2.49. The maximum absolute atomic E-state index is 11.0. The van der Waals surface area contributed by atoms with Crippen molar-refractivity contribution in [1.82, 2.24) is 0 Å². The molecule has 242 valence electrons. The largest absolute Gasteiger partial charge is 0.414 e. The molecule has 6 rings (SSSR count). The highest BCUT2D eigenvalue weighted by atomic mass is 28.4. The van der Waals surface area contributed by atoms with Crippen LogP contribution in [-0.2, 0) is 37.6 Å². The molecular formula is C30H52O11Si. The predicted molar refractivity (Wildman–Crippen MR) is 152 cm³/mol. The van der Waals surface area contributed by atoms with Crippen LogP contribution in [0.3, 0.4) is 0 Å². The summed E-state index contributed by atoms with van der Waals surface area (Å²) in [6.07, 6.45) is 0.332. The fraction of sp³-hybridized carbons (Fsp3) is 1.00. The molecule has 6 fully saturated rings. The van der Waals surface area contributed by atoms with Crippen molar-refractivity contribution in [2.45, 2.75) is 176 Å². The van der Waals surface area contributed by atoms with Gasteiger partial charge in [0.05, 0.1) is 13.2 Å². The van der Waals surface area contributed by atoms with E-state index in [2.05, 4.69) is 33.9 Å². The van der Waals surface area contributed by atoms with Crippen LogP contribution in [0.25, 0.3) is 0 Å². The molecule has 6 aliphatic rings. The van der Waals surface area contributed by atoms with Crippen LogP contribution in [0.1, 0.15) is 85.0 Å². The van der Waals surface area contributed by atoms with Crippen molar-refractivity contribution in [2.75, 3.05) is 13.2 Å². The van der Waals surface area contributed by atoms with Gasteiger partial charge in [-0.1, -0.05) is 33.6 Å². The topological polar surface area (TPSA) is 135 Å². The van der Waals surface area contributed by atoms with E-state index in [0.29, 0.717) is 6.61 Å². The third kappa shape index (κ3) is 6.01. The van der Waals surface area contributed by atoms with Gasteiger partial charge in [0.1, 0.15) is 48.8 Å². The number of aliphatic hydroxyl groups excluding tert-OH is 3. The van der Waals surface area contributed by atoms with Crippen molar-refractivity contribution in [3.8, 4) is 0 Å². The van der Waals surface area contributed by atoms with E-state index in [1.54, 1.807) is 0 Å². The number of hydrogen-bond donors (Lipinski definition) is 3. The van der Waals surface area contributed by atoms with Crippen LogP contribution < -0.4 is 0 Å². The zero-order chi connectivity index (χ0) is 29.9.